The second-order valence-electron chi connectivity index (χ2n) is 3.14. The van der Waals surface area contributed by atoms with Crippen molar-refractivity contribution in [2.45, 2.75) is 18.8 Å². The van der Waals surface area contributed by atoms with Crippen molar-refractivity contribution >= 4 is 15.9 Å². The van der Waals surface area contributed by atoms with Crippen molar-refractivity contribution in [3.05, 3.63) is 34.3 Å². The molecule has 1 nitrogen and oxygen atoms in total. The van der Waals surface area contributed by atoms with Gasteiger partial charge in [-0.05, 0) is 24.1 Å². The predicted octanol–water partition coefficient (Wildman–Crippen LogP) is 3.01. The van der Waals surface area contributed by atoms with Crippen molar-refractivity contribution in [3.63, 3.8) is 0 Å². The Hall–Kier alpha value is -0.480. The SMILES string of the molecule is OCC(F)(F)CCc1cccc(Br)c1. The van der Waals surface area contributed by atoms with Crippen molar-refractivity contribution in [1.29, 1.82) is 0 Å². The molecule has 1 aromatic carbocycles. The molecule has 0 heterocycles. The number of alkyl halides is 2. The van der Waals surface area contributed by atoms with Crippen LogP contribution in [0.2, 0.25) is 0 Å². The van der Waals surface area contributed by atoms with Crippen LogP contribution < -0.4 is 0 Å². The zero-order valence-electron chi connectivity index (χ0n) is 7.51. The molecule has 0 atom stereocenters. The summed E-state index contributed by atoms with van der Waals surface area (Å²) in [5.74, 6) is -2.97. The number of hydrogen-bond donors (Lipinski definition) is 1. The minimum absolute atomic E-state index is 0.271. The monoisotopic (exact) mass is 264 g/mol. The number of aryl methyl sites for hydroxylation is 1. The summed E-state index contributed by atoms with van der Waals surface area (Å²) in [6.07, 6.45) is -0.0487. The van der Waals surface area contributed by atoms with Crippen LogP contribution in [0.15, 0.2) is 28.7 Å². The number of rotatable bonds is 4. The van der Waals surface area contributed by atoms with Crippen LogP contribution in [0.4, 0.5) is 8.78 Å². The summed E-state index contributed by atoms with van der Waals surface area (Å²) in [4.78, 5) is 0. The van der Waals surface area contributed by atoms with E-state index in [-0.39, 0.29) is 12.8 Å². The third kappa shape index (κ3) is 3.72. The molecule has 78 valence electrons. The molecule has 0 saturated carbocycles. The van der Waals surface area contributed by atoms with Gasteiger partial charge in [-0.25, -0.2) is 8.78 Å². The quantitative estimate of drug-likeness (QED) is 0.887. The highest BCUT2D eigenvalue weighted by molar-refractivity contribution is 9.10. The summed E-state index contributed by atoms with van der Waals surface area (Å²) in [6, 6.07) is 7.23. The first-order chi connectivity index (χ1) is 6.53. The molecule has 0 spiro atoms. The van der Waals surface area contributed by atoms with Gasteiger partial charge in [0.05, 0.1) is 0 Å². The zero-order chi connectivity index (χ0) is 10.6. The van der Waals surface area contributed by atoms with E-state index in [0.717, 1.165) is 10.0 Å². The Morgan fingerprint density at radius 1 is 1.36 bits per heavy atom. The molecule has 0 aliphatic heterocycles. The molecule has 0 saturated heterocycles. The number of hydrogen-bond acceptors (Lipinski definition) is 1. The molecule has 0 bridgehead atoms. The van der Waals surface area contributed by atoms with Gasteiger partial charge in [-0.1, -0.05) is 28.1 Å². The molecule has 14 heavy (non-hydrogen) atoms. The van der Waals surface area contributed by atoms with E-state index in [1.54, 1.807) is 18.2 Å². The first-order valence-corrected chi connectivity index (χ1v) is 5.06. The van der Waals surface area contributed by atoms with Gasteiger partial charge in [0.25, 0.3) is 5.92 Å². The molecule has 1 rings (SSSR count). The van der Waals surface area contributed by atoms with Crippen LogP contribution in [0.5, 0.6) is 0 Å². The van der Waals surface area contributed by atoms with Crippen LogP contribution in [0.3, 0.4) is 0 Å². The standard InChI is InChI=1S/C10H11BrF2O/c11-9-3-1-2-8(6-9)4-5-10(12,13)7-14/h1-3,6,14H,4-5,7H2. The maximum Gasteiger partial charge on any atom is 0.271 e. The number of halogens is 3. The van der Waals surface area contributed by atoms with E-state index in [1.807, 2.05) is 6.07 Å². The predicted molar refractivity (Wildman–Crippen MR) is 54.5 cm³/mol. The second kappa shape index (κ2) is 4.84. The normalized spacial score (nSPS) is 11.7. The van der Waals surface area contributed by atoms with Crippen molar-refractivity contribution in [2.24, 2.45) is 0 Å². The van der Waals surface area contributed by atoms with Crippen molar-refractivity contribution in [1.82, 2.24) is 0 Å². The Balaban J connectivity index is 2.54. The third-order valence-electron chi connectivity index (χ3n) is 1.90. The lowest BCUT2D eigenvalue weighted by Crippen LogP contribution is -2.21. The van der Waals surface area contributed by atoms with Crippen LogP contribution in [0.25, 0.3) is 0 Å². The zero-order valence-corrected chi connectivity index (χ0v) is 9.10. The minimum Gasteiger partial charge on any atom is -0.390 e. The Morgan fingerprint density at radius 3 is 2.64 bits per heavy atom. The molecule has 1 aromatic rings. The van der Waals surface area contributed by atoms with E-state index in [1.165, 1.54) is 0 Å². The molecule has 0 radical (unpaired) electrons. The van der Waals surface area contributed by atoms with Gasteiger partial charge in [-0.2, -0.15) is 0 Å². The van der Waals surface area contributed by atoms with Gasteiger partial charge in [0, 0.05) is 10.9 Å². The van der Waals surface area contributed by atoms with Crippen LogP contribution in [0.1, 0.15) is 12.0 Å². The van der Waals surface area contributed by atoms with E-state index >= 15 is 0 Å². The Labute approximate surface area is 89.9 Å². The van der Waals surface area contributed by atoms with Gasteiger partial charge in [0.1, 0.15) is 6.61 Å². The fourth-order valence-electron chi connectivity index (χ4n) is 1.10. The average molecular weight is 265 g/mol. The van der Waals surface area contributed by atoms with Crippen molar-refractivity contribution < 1.29 is 13.9 Å². The van der Waals surface area contributed by atoms with Gasteiger partial charge in [-0.3, -0.25) is 0 Å². The number of aliphatic hydroxyl groups excluding tert-OH is 1. The van der Waals surface area contributed by atoms with E-state index in [0.29, 0.717) is 0 Å². The maximum absolute atomic E-state index is 12.7. The average Bonchev–Trinajstić information content (AvgIpc) is 2.15. The Bertz CT molecular complexity index is 302. The lowest BCUT2D eigenvalue weighted by Gasteiger charge is -2.12. The summed E-state index contributed by atoms with van der Waals surface area (Å²) in [5, 5.41) is 8.37. The Kier molecular flexibility index (Phi) is 4.01. The largest absolute Gasteiger partial charge is 0.390 e. The molecule has 0 fully saturated rings. The molecule has 0 amide bonds. The summed E-state index contributed by atoms with van der Waals surface area (Å²) < 4.78 is 26.2. The lowest BCUT2D eigenvalue weighted by molar-refractivity contribution is -0.0558. The van der Waals surface area contributed by atoms with E-state index < -0.39 is 12.5 Å². The molecule has 4 heteroatoms. The van der Waals surface area contributed by atoms with Crippen LogP contribution in [0, 0.1) is 0 Å². The fourth-order valence-corrected chi connectivity index (χ4v) is 1.55. The summed E-state index contributed by atoms with van der Waals surface area (Å²) in [5.41, 5.74) is 0.840. The van der Waals surface area contributed by atoms with Crippen molar-refractivity contribution in [3.8, 4) is 0 Å². The smallest absolute Gasteiger partial charge is 0.271 e. The third-order valence-corrected chi connectivity index (χ3v) is 2.39. The first-order valence-electron chi connectivity index (χ1n) is 4.27. The summed E-state index contributed by atoms with van der Waals surface area (Å²) in [6.45, 7) is -1.08. The van der Waals surface area contributed by atoms with Crippen LogP contribution in [-0.2, 0) is 6.42 Å². The van der Waals surface area contributed by atoms with Gasteiger partial charge < -0.3 is 5.11 Å². The molecule has 0 aliphatic rings. The molecular formula is C10H11BrF2O. The van der Waals surface area contributed by atoms with Crippen LogP contribution >= 0.6 is 15.9 Å². The minimum atomic E-state index is -2.97. The highest BCUT2D eigenvalue weighted by Crippen LogP contribution is 2.21. The van der Waals surface area contributed by atoms with Crippen LogP contribution in [-0.4, -0.2) is 17.6 Å². The number of aliphatic hydroxyl groups is 1. The van der Waals surface area contributed by atoms with E-state index in [2.05, 4.69) is 15.9 Å². The molecular weight excluding hydrogens is 254 g/mol. The highest BCUT2D eigenvalue weighted by Gasteiger charge is 2.26. The van der Waals surface area contributed by atoms with Crippen molar-refractivity contribution in [2.75, 3.05) is 6.61 Å². The molecule has 1 N–H and O–H groups in total. The van der Waals surface area contributed by atoms with Gasteiger partial charge in [0.2, 0.25) is 0 Å². The van der Waals surface area contributed by atoms with E-state index in [4.69, 9.17) is 5.11 Å². The van der Waals surface area contributed by atoms with Gasteiger partial charge >= 0.3 is 0 Å². The highest BCUT2D eigenvalue weighted by atomic mass is 79.9. The molecule has 0 unspecified atom stereocenters. The maximum atomic E-state index is 12.7. The van der Waals surface area contributed by atoms with Gasteiger partial charge in [0.15, 0.2) is 0 Å². The molecule has 0 aliphatic carbocycles. The Morgan fingerprint density at radius 2 is 2.07 bits per heavy atom. The fraction of sp³-hybridized carbons (Fsp3) is 0.400. The topological polar surface area (TPSA) is 20.2 Å². The number of benzene rings is 1. The van der Waals surface area contributed by atoms with E-state index in [9.17, 15) is 8.78 Å². The van der Waals surface area contributed by atoms with Gasteiger partial charge in [-0.15, -0.1) is 0 Å². The second-order valence-corrected chi connectivity index (χ2v) is 4.06. The molecule has 0 aromatic heterocycles. The summed E-state index contributed by atoms with van der Waals surface area (Å²) >= 11 is 3.26. The summed E-state index contributed by atoms with van der Waals surface area (Å²) in [7, 11) is 0. The lowest BCUT2D eigenvalue weighted by atomic mass is 10.1. The first kappa shape index (κ1) is 11.6.